The molecule has 0 spiro atoms. The van der Waals surface area contributed by atoms with Crippen LogP contribution in [0.15, 0.2) is 30.5 Å². The molecule has 0 fully saturated rings. The first kappa shape index (κ1) is 14.7. The zero-order valence-electron chi connectivity index (χ0n) is 10.2. The third-order valence-corrected chi connectivity index (χ3v) is 2.49. The summed E-state index contributed by atoms with van der Waals surface area (Å²) in [6.45, 7) is 0. The molecule has 108 valence electrons. The number of hydrogen-bond acceptors (Lipinski definition) is 3. The van der Waals surface area contributed by atoms with Crippen molar-refractivity contribution in [1.82, 2.24) is 4.98 Å². The Morgan fingerprint density at radius 1 is 1.10 bits per heavy atom. The van der Waals surface area contributed by atoms with Crippen molar-refractivity contribution in [1.29, 1.82) is 5.26 Å². The van der Waals surface area contributed by atoms with Crippen molar-refractivity contribution in [3.05, 3.63) is 53.4 Å². The van der Waals surface area contributed by atoms with E-state index in [1.807, 2.05) is 0 Å². The van der Waals surface area contributed by atoms with E-state index in [4.69, 9.17) is 5.26 Å². The monoisotopic (exact) mass is 299 g/mol. The Hall–Kier alpha value is -2.69. The molecule has 0 aliphatic heterocycles. The van der Waals surface area contributed by atoms with Gasteiger partial charge < -0.3 is 5.32 Å². The molecule has 0 radical (unpaired) electrons. The van der Waals surface area contributed by atoms with E-state index in [0.717, 1.165) is 24.4 Å². The Balaban J connectivity index is 2.29. The minimum Gasteiger partial charge on any atom is -0.349 e. The number of nitrogens with zero attached hydrogens (tertiary/aromatic N) is 2. The molecule has 1 heterocycles. The summed E-state index contributed by atoms with van der Waals surface area (Å²) < 4.78 is 64.2. The summed E-state index contributed by atoms with van der Waals surface area (Å²) in [5.41, 5.74) is -1.92. The van der Waals surface area contributed by atoms with E-state index in [-0.39, 0.29) is 11.3 Å². The van der Waals surface area contributed by atoms with E-state index < -0.39 is 29.2 Å². The zero-order chi connectivity index (χ0) is 15.6. The zero-order valence-corrected chi connectivity index (χ0v) is 10.2. The van der Waals surface area contributed by atoms with Gasteiger partial charge in [-0.05, 0) is 24.3 Å². The van der Waals surface area contributed by atoms with Crippen molar-refractivity contribution in [3.63, 3.8) is 0 Å². The highest BCUT2D eigenvalue weighted by atomic mass is 19.4. The van der Waals surface area contributed by atoms with Crippen LogP contribution < -0.4 is 5.32 Å². The predicted molar refractivity (Wildman–Crippen MR) is 63.6 cm³/mol. The number of hydrogen-bond donors (Lipinski definition) is 1. The number of aromatic nitrogens is 1. The second-order valence-electron chi connectivity index (χ2n) is 3.98. The van der Waals surface area contributed by atoms with E-state index in [1.165, 1.54) is 0 Å². The summed E-state index contributed by atoms with van der Waals surface area (Å²) in [4.78, 5) is 3.15. The molecule has 2 rings (SSSR count). The van der Waals surface area contributed by atoms with E-state index in [9.17, 15) is 22.0 Å². The van der Waals surface area contributed by atoms with Gasteiger partial charge in [0, 0.05) is 0 Å². The lowest BCUT2D eigenvalue weighted by Gasteiger charge is -2.10. The molecule has 1 N–H and O–H groups in total. The molecule has 3 nitrogen and oxygen atoms in total. The van der Waals surface area contributed by atoms with Crippen LogP contribution in [0.1, 0.15) is 11.3 Å². The first-order valence-electron chi connectivity index (χ1n) is 5.50. The molecule has 0 amide bonds. The van der Waals surface area contributed by atoms with Crippen molar-refractivity contribution in [2.24, 2.45) is 0 Å². The lowest BCUT2D eigenvalue weighted by molar-refractivity contribution is -0.141. The molecule has 0 saturated heterocycles. The van der Waals surface area contributed by atoms with E-state index in [0.29, 0.717) is 6.07 Å². The van der Waals surface area contributed by atoms with Crippen LogP contribution in [0.4, 0.5) is 33.3 Å². The van der Waals surface area contributed by atoms with Crippen LogP contribution in [0.5, 0.6) is 0 Å². The summed E-state index contributed by atoms with van der Waals surface area (Å²) in [6.07, 6.45) is -3.79. The molecule has 2 aromatic rings. The van der Waals surface area contributed by atoms with Crippen molar-refractivity contribution >= 4 is 11.4 Å². The first-order valence-corrected chi connectivity index (χ1v) is 5.50. The fourth-order valence-corrected chi connectivity index (χ4v) is 1.54. The van der Waals surface area contributed by atoms with Crippen molar-refractivity contribution in [3.8, 4) is 6.07 Å². The maximum Gasteiger partial charge on any atom is 0.433 e. The normalized spacial score (nSPS) is 11.0. The quantitative estimate of drug-likeness (QED) is 0.853. The smallest absolute Gasteiger partial charge is 0.349 e. The summed E-state index contributed by atoms with van der Waals surface area (Å²) >= 11 is 0. The number of nitrogens with one attached hydrogen (secondary N) is 1. The number of alkyl halides is 3. The molecule has 0 saturated carbocycles. The molecule has 0 aliphatic carbocycles. The fourth-order valence-electron chi connectivity index (χ4n) is 1.54. The van der Waals surface area contributed by atoms with Gasteiger partial charge in [-0.3, -0.25) is 0 Å². The van der Waals surface area contributed by atoms with Crippen LogP contribution in [0, 0.1) is 23.0 Å². The summed E-state index contributed by atoms with van der Waals surface area (Å²) in [6, 6.07) is 4.87. The predicted octanol–water partition coefficient (Wildman–Crippen LogP) is 3.99. The fraction of sp³-hybridized carbons (Fsp3) is 0.0769. The third kappa shape index (κ3) is 3.25. The van der Waals surface area contributed by atoms with Crippen LogP contribution >= 0.6 is 0 Å². The number of pyridine rings is 1. The second kappa shape index (κ2) is 5.36. The topological polar surface area (TPSA) is 48.7 Å². The maximum atomic E-state index is 13.6. The third-order valence-electron chi connectivity index (χ3n) is 2.49. The Morgan fingerprint density at radius 2 is 1.71 bits per heavy atom. The van der Waals surface area contributed by atoms with Gasteiger partial charge in [0.2, 0.25) is 0 Å². The Morgan fingerprint density at radius 3 is 2.14 bits per heavy atom. The Labute approximate surface area is 115 Å². The maximum absolute atomic E-state index is 13.6. The molecule has 8 heteroatoms. The number of nitriles is 1. The largest absolute Gasteiger partial charge is 0.433 e. The van der Waals surface area contributed by atoms with Gasteiger partial charge in [0.1, 0.15) is 11.4 Å². The SMILES string of the molecule is N#Cc1cc(F)c(Nc2ccc(C(F)(F)F)nc2)c(F)c1. The van der Waals surface area contributed by atoms with Gasteiger partial charge in [-0.15, -0.1) is 0 Å². The van der Waals surface area contributed by atoms with E-state index in [2.05, 4.69) is 10.3 Å². The van der Waals surface area contributed by atoms with Gasteiger partial charge in [0.15, 0.2) is 11.6 Å². The van der Waals surface area contributed by atoms with Gasteiger partial charge in [0.05, 0.1) is 23.5 Å². The average molecular weight is 299 g/mol. The van der Waals surface area contributed by atoms with Gasteiger partial charge in [0.25, 0.3) is 0 Å². The van der Waals surface area contributed by atoms with Crippen LogP contribution in [-0.4, -0.2) is 4.98 Å². The lowest BCUT2D eigenvalue weighted by atomic mass is 10.2. The number of halogens is 5. The van der Waals surface area contributed by atoms with Gasteiger partial charge in [-0.25, -0.2) is 13.8 Å². The molecule has 1 aromatic carbocycles. The van der Waals surface area contributed by atoms with Crippen LogP contribution in [0.2, 0.25) is 0 Å². The molecule has 1 aromatic heterocycles. The van der Waals surface area contributed by atoms with Crippen LogP contribution in [0.3, 0.4) is 0 Å². The minimum absolute atomic E-state index is 0.0227. The standard InChI is InChI=1S/C13H6F5N3/c14-9-3-7(5-19)4-10(15)12(9)21-8-1-2-11(20-6-8)13(16,17)18/h1-4,6,21H. The number of anilines is 2. The van der Waals surface area contributed by atoms with Crippen LogP contribution in [-0.2, 0) is 6.18 Å². The Kier molecular flexibility index (Phi) is 3.76. The molecular weight excluding hydrogens is 293 g/mol. The molecule has 0 aliphatic rings. The van der Waals surface area contributed by atoms with Gasteiger partial charge in [-0.1, -0.05) is 0 Å². The highest BCUT2D eigenvalue weighted by Crippen LogP contribution is 2.29. The van der Waals surface area contributed by atoms with E-state index in [1.54, 1.807) is 6.07 Å². The highest BCUT2D eigenvalue weighted by molar-refractivity contribution is 5.61. The number of benzene rings is 1. The minimum atomic E-state index is -4.59. The van der Waals surface area contributed by atoms with Gasteiger partial charge >= 0.3 is 6.18 Å². The first-order chi connectivity index (χ1) is 9.81. The number of rotatable bonds is 2. The van der Waals surface area contributed by atoms with Crippen molar-refractivity contribution in [2.75, 3.05) is 5.32 Å². The molecule has 21 heavy (non-hydrogen) atoms. The summed E-state index contributed by atoms with van der Waals surface area (Å²) in [5.74, 6) is -2.07. The second-order valence-corrected chi connectivity index (χ2v) is 3.98. The summed E-state index contributed by atoms with van der Waals surface area (Å²) in [5, 5.41) is 10.8. The summed E-state index contributed by atoms with van der Waals surface area (Å²) in [7, 11) is 0. The van der Waals surface area contributed by atoms with Crippen molar-refractivity contribution < 1.29 is 22.0 Å². The molecule has 0 bridgehead atoms. The van der Waals surface area contributed by atoms with E-state index >= 15 is 0 Å². The molecular formula is C13H6F5N3. The van der Waals surface area contributed by atoms with Gasteiger partial charge in [-0.2, -0.15) is 18.4 Å². The highest BCUT2D eigenvalue weighted by Gasteiger charge is 2.32. The lowest BCUT2D eigenvalue weighted by Crippen LogP contribution is -2.08. The van der Waals surface area contributed by atoms with Crippen molar-refractivity contribution in [2.45, 2.75) is 6.18 Å². The Bertz CT molecular complexity index is 678. The molecule has 0 unspecified atom stereocenters. The van der Waals surface area contributed by atoms with Crippen LogP contribution in [0.25, 0.3) is 0 Å². The average Bonchev–Trinajstić information content (AvgIpc) is 2.42. The molecule has 0 atom stereocenters.